The Kier molecular flexibility index (Phi) is 8.71. The van der Waals surface area contributed by atoms with E-state index in [4.69, 9.17) is 9.47 Å². The molecule has 0 aromatic heterocycles. The SMILES string of the molecule is CCCCCOc1ccc(C2C(=C(O)c3ccc(OC)cc3)C(=O)C(=O)N2CCN(C)C)cc1. The van der Waals surface area contributed by atoms with Crippen LogP contribution in [0.2, 0.25) is 0 Å². The average Bonchev–Trinajstić information content (AvgIpc) is 3.10. The van der Waals surface area contributed by atoms with Crippen molar-refractivity contribution in [1.29, 1.82) is 0 Å². The molecule has 0 aliphatic carbocycles. The van der Waals surface area contributed by atoms with Crippen molar-refractivity contribution in [3.8, 4) is 11.5 Å². The van der Waals surface area contributed by atoms with Crippen LogP contribution in [0.25, 0.3) is 5.76 Å². The predicted octanol–water partition coefficient (Wildman–Crippen LogP) is 4.25. The number of likely N-dealkylation sites (N-methyl/N-ethyl adjacent to an activating group) is 1. The van der Waals surface area contributed by atoms with Crippen molar-refractivity contribution in [3.63, 3.8) is 0 Å². The van der Waals surface area contributed by atoms with Crippen LogP contribution in [0.1, 0.15) is 43.4 Å². The third-order valence-electron chi connectivity index (χ3n) is 5.90. The van der Waals surface area contributed by atoms with Crippen LogP contribution in [-0.2, 0) is 9.59 Å². The molecule has 0 bridgehead atoms. The molecule has 7 nitrogen and oxygen atoms in total. The number of carbonyl (C=O) groups is 2. The maximum Gasteiger partial charge on any atom is 0.295 e. The topological polar surface area (TPSA) is 79.3 Å². The van der Waals surface area contributed by atoms with E-state index in [9.17, 15) is 14.7 Å². The van der Waals surface area contributed by atoms with E-state index in [-0.39, 0.29) is 11.3 Å². The van der Waals surface area contributed by atoms with Crippen LogP contribution in [0.3, 0.4) is 0 Å². The summed E-state index contributed by atoms with van der Waals surface area (Å²) in [7, 11) is 5.38. The van der Waals surface area contributed by atoms with Gasteiger partial charge in [0, 0.05) is 18.7 Å². The molecule has 182 valence electrons. The van der Waals surface area contributed by atoms with Crippen LogP contribution < -0.4 is 9.47 Å². The molecule has 34 heavy (non-hydrogen) atoms. The number of methoxy groups -OCH3 is 1. The largest absolute Gasteiger partial charge is 0.507 e. The van der Waals surface area contributed by atoms with Gasteiger partial charge in [-0.1, -0.05) is 31.9 Å². The van der Waals surface area contributed by atoms with E-state index >= 15 is 0 Å². The van der Waals surface area contributed by atoms with Crippen LogP contribution in [-0.4, -0.2) is 67.5 Å². The first-order chi connectivity index (χ1) is 16.4. The smallest absolute Gasteiger partial charge is 0.295 e. The number of hydrogen-bond donors (Lipinski definition) is 1. The maximum atomic E-state index is 13.1. The zero-order chi connectivity index (χ0) is 24.7. The van der Waals surface area contributed by atoms with Crippen LogP contribution in [0.5, 0.6) is 11.5 Å². The number of ether oxygens (including phenoxy) is 2. The number of benzene rings is 2. The molecule has 7 heteroatoms. The summed E-state index contributed by atoms with van der Waals surface area (Å²) in [5.41, 5.74) is 1.28. The Morgan fingerprint density at radius 1 is 1.00 bits per heavy atom. The Labute approximate surface area is 201 Å². The fourth-order valence-corrected chi connectivity index (χ4v) is 3.96. The zero-order valence-corrected chi connectivity index (χ0v) is 20.4. The number of ketones is 1. The van der Waals surface area contributed by atoms with Gasteiger partial charge in [-0.3, -0.25) is 9.59 Å². The summed E-state index contributed by atoms with van der Waals surface area (Å²) in [4.78, 5) is 29.6. The first kappa shape index (κ1) is 25.3. The summed E-state index contributed by atoms with van der Waals surface area (Å²) in [6.07, 6.45) is 3.23. The summed E-state index contributed by atoms with van der Waals surface area (Å²) >= 11 is 0. The molecule has 1 heterocycles. The first-order valence-electron chi connectivity index (χ1n) is 11.7. The number of rotatable bonds is 11. The fourth-order valence-electron chi connectivity index (χ4n) is 3.96. The van der Waals surface area contributed by atoms with E-state index in [0.29, 0.717) is 31.0 Å². The number of unbranched alkanes of at least 4 members (excludes halogenated alkanes) is 2. The molecule has 1 unspecified atom stereocenters. The van der Waals surface area contributed by atoms with Gasteiger partial charge in [-0.05, 0) is 62.5 Å². The molecule has 1 saturated heterocycles. The third-order valence-corrected chi connectivity index (χ3v) is 5.90. The van der Waals surface area contributed by atoms with Gasteiger partial charge in [-0.25, -0.2) is 0 Å². The van der Waals surface area contributed by atoms with Gasteiger partial charge in [0.25, 0.3) is 11.7 Å². The molecular formula is C27H34N2O5. The number of carbonyl (C=O) groups excluding carboxylic acids is 2. The number of amides is 1. The number of hydrogen-bond acceptors (Lipinski definition) is 6. The van der Waals surface area contributed by atoms with Crippen molar-refractivity contribution in [1.82, 2.24) is 9.80 Å². The van der Waals surface area contributed by atoms with Crippen LogP contribution in [0.15, 0.2) is 54.1 Å². The molecule has 1 aliphatic heterocycles. The highest BCUT2D eigenvalue weighted by atomic mass is 16.5. The standard InChI is InChI=1S/C27H34N2O5/c1-5-6-7-18-34-22-14-8-19(9-15-22)24-23(25(30)20-10-12-21(33-4)13-11-20)26(31)27(32)29(24)17-16-28(2)3/h8-15,24,30H,5-7,16-18H2,1-4H3. The maximum absolute atomic E-state index is 13.1. The van der Waals surface area contributed by atoms with Crippen LogP contribution in [0, 0.1) is 0 Å². The lowest BCUT2D eigenvalue weighted by Gasteiger charge is -2.26. The highest BCUT2D eigenvalue weighted by Crippen LogP contribution is 2.39. The Bertz CT molecular complexity index is 1010. The van der Waals surface area contributed by atoms with Crippen molar-refractivity contribution >= 4 is 17.4 Å². The van der Waals surface area contributed by atoms with E-state index < -0.39 is 17.7 Å². The van der Waals surface area contributed by atoms with E-state index in [1.165, 1.54) is 4.90 Å². The lowest BCUT2D eigenvalue weighted by Crippen LogP contribution is -2.35. The lowest BCUT2D eigenvalue weighted by atomic mass is 9.95. The van der Waals surface area contributed by atoms with Crippen molar-refractivity contribution in [2.24, 2.45) is 0 Å². The van der Waals surface area contributed by atoms with Crippen LogP contribution >= 0.6 is 0 Å². The number of Topliss-reactive ketones (excluding diaryl/α,β-unsaturated/α-hetero) is 1. The minimum Gasteiger partial charge on any atom is -0.507 e. The van der Waals surface area contributed by atoms with Gasteiger partial charge >= 0.3 is 0 Å². The first-order valence-corrected chi connectivity index (χ1v) is 11.7. The molecule has 2 aromatic carbocycles. The van der Waals surface area contributed by atoms with Gasteiger partial charge in [-0.2, -0.15) is 0 Å². The Morgan fingerprint density at radius 3 is 2.24 bits per heavy atom. The van der Waals surface area contributed by atoms with E-state index in [0.717, 1.165) is 30.6 Å². The molecular weight excluding hydrogens is 432 g/mol. The van der Waals surface area contributed by atoms with Crippen LogP contribution in [0.4, 0.5) is 0 Å². The molecule has 1 aliphatic rings. The molecule has 0 radical (unpaired) electrons. The second kappa shape index (κ2) is 11.7. The molecule has 3 rings (SSSR count). The number of aliphatic hydroxyl groups is 1. The van der Waals surface area contributed by atoms with Crippen molar-refractivity contribution in [2.45, 2.75) is 32.2 Å². The number of likely N-dealkylation sites (tertiary alicyclic amines) is 1. The van der Waals surface area contributed by atoms with Crippen molar-refractivity contribution in [3.05, 3.63) is 65.2 Å². The normalized spacial score (nSPS) is 17.4. The molecule has 1 amide bonds. The highest BCUT2D eigenvalue weighted by molar-refractivity contribution is 6.46. The second-order valence-electron chi connectivity index (χ2n) is 8.65. The van der Waals surface area contributed by atoms with Gasteiger partial charge in [0.1, 0.15) is 17.3 Å². The summed E-state index contributed by atoms with van der Waals surface area (Å²) < 4.78 is 11.0. The van der Waals surface area contributed by atoms with Gasteiger partial charge in [0.2, 0.25) is 0 Å². The highest BCUT2D eigenvalue weighted by Gasteiger charge is 2.45. The Balaban J connectivity index is 1.97. The number of aliphatic hydroxyl groups excluding tert-OH is 1. The lowest BCUT2D eigenvalue weighted by molar-refractivity contribution is -0.140. The fraction of sp³-hybridized carbons (Fsp3) is 0.407. The average molecular weight is 467 g/mol. The van der Waals surface area contributed by atoms with Gasteiger partial charge < -0.3 is 24.4 Å². The van der Waals surface area contributed by atoms with Gasteiger partial charge in [0.15, 0.2) is 0 Å². The molecule has 1 N–H and O–H groups in total. The van der Waals surface area contributed by atoms with E-state index in [2.05, 4.69) is 6.92 Å². The van der Waals surface area contributed by atoms with E-state index in [1.807, 2.05) is 43.3 Å². The zero-order valence-electron chi connectivity index (χ0n) is 20.4. The quantitative estimate of drug-likeness (QED) is 0.231. The van der Waals surface area contributed by atoms with E-state index in [1.54, 1.807) is 31.4 Å². The number of nitrogens with zero attached hydrogens (tertiary/aromatic N) is 2. The minimum atomic E-state index is -0.684. The monoisotopic (exact) mass is 466 g/mol. The minimum absolute atomic E-state index is 0.0885. The van der Waals surface area contributed by atoms with Crippen molar-refractivity contribution < 1.29 is 24.2 Å². The molecule has 1 fully saturated rings. The summed E-state index contributed by atoms with van der Waals surface area (Å²) in [6.45, 7) is 3.74. The van der Waals surface area contributed by atoms with Crippen molar-refractivity contribution in [2.75, 3.05) is 40.9 Å². The molecule has 0 spiro atoms. The molecule has 0 saturated carbocycles. The summed E-state index contributed by atoms with van der Waals surface area (Å²) in [5.74, 6) is -0.119. The van der Waals surface area contributed by atoms with Gasteiger partial charge in [-0.15, -0.1) is 0 Å². The molecule has 2 aromatic rings. The Hall–Kier alpha value is -3.32. The van der Waals surface area contributed by atoms with Gasteiger partial charge in [0.05, 0.1) is 25.3 Å². The predicted molar refractivity (Wildman–Crippen MR) is 132 cm³/mol. The summed E-state index contributed by atoms with van der Waals surface area (Å²) in [5, 5.41) is 11.1. The third kappa shape index (κ3) is 5.78. The molecule has 1 atom stereocenters. The Morgan fingerprint density at radius 2 is 1.65 bits per heavy atom. The summed E-state index contributed by atoms with van der Waals surface area (Å²) in [6, 6.07) is 13.5. The second-order valence-corrected chi connectivity index (χ2v) is 8.65.